The summed E-state index contributed by atoms with van der Waals surface area (Å²) in [6.45, 7) is 3.88. The third-order valence-corrected chi connectivity index (χ3v) is 4.73. The van der Waals surface area contributed by atoms with Crippen LogP contribution in [-0.4, -0.2) is 21.8 Å². The zero-order valence-corrected chi connectivity index (χ0v) is 15.3. The van der Waals surface area contributed by atoms with Crippen molar-refractivity contribution in [1.29, 1.82) is 0 Å². The number of benzene rings is 2. The fourth-order valence-corrected chi connectivity index (χ4v) is 3.27. The molecule has 2 aromatic carbocycles. The highest BCUT2D eigenvalue weighted by Gasteiger charge is 2.21. The van der Waals surface area contributed by atoms with Gasteiger partial charge in [-0.1, -0.05) is 36.4 Å². The third-order valence-electron chi connectivity index (χ3n) is 4.73. The Morgan fingerprint density at radius 2 is 1.67 bits per heavy atom. The van der Waals surface area contributed by atoms with E-state index in [-0.39, 0.29) is 17.3 Å². The summed E-state index contributed by atoms with van der Waals surface area (Å²) in [5.74, 6) is -1.07. The summed E-state index contributed by atoms with van der Waals surface area (Å²) < 4.78 is 0. The average molecular weight is 359 g/mol. The van der Waals surface area contributed by atoms with Gasteiger partial charge in [-0.3, -0.25) is 9.78 Å². The molecule has 1 aromatic heterocycles. The summed E-state index contributed by atoms with van der Waals surface area (Å²) in [5, 5.41) is 9.14. The van der Waals surface area contributed by atoms with Gasteiger partial charge in [-0.25, -0.2) is 4.79 Å². The molecule has 0 saturated carbocycles. The lowest BCUT2D eigenvalue weighted by atomic mass is 9.83. The van der Waals surface area contributed by atoms with Crippen LogP contribution in [0.1, 0.15) is 55.4 Å². The number of hydrogen-bond acceptors (Lipinski definition) is 3. The molecule has 0 aliphatic rings. The molecule has 4 nitrogen and oxygen atoms in total. The second kappa shape index (κ2) is 7.96. The highest BCUT2D eigenvalue weighted by molar-refractivity contribution is 5.97. The highest BCUT2D eigenvalue weighted by atomic mass is 16.4. The molecule has 0 unspecified atom stereocenters. The summed E-state index contributed by atoms with van der Waals surface area (Å²) in [4.78, 5) is 28.2. The van der Waals surface area contributed by atoms with Crippen molar-refractivity contribution in [2.24, 2.45) is 0 Å². The fraction of sp³-hybridized carbons (Fsp3) is 0.174. The Balaban J connectivity index is 1.99. The van der Waals surface area contributed by atoms with Gasteiger partial charge in [0.25, 0.3) is 0 Å². The summed E-state index contributed by atoms with van der Waals surface area (Å²) in [6, 6.07) is 18.3. The standard InChI is InChI=1S/C23H21NO3/c1-15-5-3-4-6-20(15)21(17-7-9-18(10-8-17)23(26)27)14-22(25)19-11-12-24-16(2)13-19/h3-13,21H,14H2,1-2H3,(H,26,27)/t21-/m1/s1. The highest BCUT2D eigenvalue weighted by Crippen LogP contribution is 2.32. The van der Waals surface area contributed by atoms with E-state index in [0.717, 1.165) is 22.4 Å². The van der Waals surface area contributed by atoms with E-state index in [9.17, 15) is 9.59 Å². The van der Waals surface area contributed by atoms with Gasteiger partial charge in [0.15, 0.2) is 5.78 Å². The lowest BCUT2D eigenvalue weighted by Crippen LogP contribution is -2.11. The summed E-state index contributed by atoms with van der Waals surface area (Å²) in [5.41, 5.74) is 4.78. The van der Waals surface area contributed by atoms with Gasteiger partial charge in [0.1, 0.15) is 0 Å². The fourth-order valence-electron chi connectivity index (χ4n) is 3.27. The first kappa shape index (κ1) is 18.5. The zero-order valence-electron chi connectivity index (χ0n) is 15.3. The molecule has 0 aliphatic heterocycles. The molecule has 4 heteroatoms. The average Bonchev–Trinajstić information content (AvgIpc) is 2.67. The maximum atomic E-state index is 12.9. The van der Waals surface area contributed by atoms with Crippen LogP contribution in [0.25, 0.3) is 0 Å². The molecule has 1 heterocycles. The molecule has 0 saturated heterocycles. The second-order valence-corrected chi connectivity index (χ2v) is 6.65. The summed E-state index contributed by atoms with van der Waals surface area (Å²) in [7, 11) is 0. The van der Waals surface area contributed by atoms with Crippen LogP contribution in [-0.2, 0) is 0 Å². The lowest BCUT2D eigenvalue weighted by molar-refractivity contribution is 0.0696. The van der Waals surface area contributed by atoms with E-state index in [1.54, 1.807) is 42.6 Å². The van der Waals surface area contributed by atoms with Gasteiger partial charge < -0.3 is 5.11 Å². The van der Waals surface area contributed by atoms with Gasteiger partial charge >= 0.3 is 5.97 Å². The SMILES string of the molecule is Cc1cc(C(=O)C[C@H](c2ccc(C(=O)O)cc2)c2ccccc2C)ccn1. The maximum absolute atomic E-state index is 12.9. The molecule has 0 amide bonds. The van der Waals surface area contributed by atoms with Gasteiger partial charge in [-0.15, -0.1) is 0 Å². The topological polar surface area (TPSA) is 67.3 Å². The van der Waals surface area contributed by atoms with Crippen molar-refractivity contribution in [3.63, 3.8) is 0 Å². The summed E-state index contributed by atoms with van der Waals surface area (Å²) in [6.07, 6.45) is 1.95. The Morgan fingerprint density at radius 1 is 0.963 bits per heavy atom. The normalized spacial score (nSPS) is 11.8. The lowest BCUT2D eigenvalue weighted by Gasteiger charge is -2.20. The van der Waals surface area contributed by atoms with Gasteiger partial charge in [0, 0.05) is 29.8 Å². The van der Waals surface area contributed by atoms with E-state index in [2.05, 4.69) is 4.98 Å². The van der Waals surface area contributed by atoms with Crippen LogP contribution >= 0.6 is 0 Å². The molecule has 0 spiro atoms. The molecular formula is C23H21NO3. The molecular weight excluding hydrogens is 338 g/mol. The van der Waals surface area contributed by atoms with Crippen molar-refractivity contribution in [2.75, 3.05) is 0 Å². The van der Waals surface area contributed by atoms with E-state index in [0.29, 0.717) is 12.0 Å². The number of Topliss-reactive ketones (excluding diaryl/α,β-unsaturated/α-hetero) is 1. The number of nitrogens with zero attached hydrogens (tertiary/aromatic N) is 1. The van der Waals surface area contributed by atoms with Gasteiger partial charge in [-0.05, 0) is 54.8 Å². The number of ketones is 1. The van der Waals surface area contributed by atoms with Crippen molar-refractivity contribution < 1.29 is 14.7 Å². The Morgan fingerprint density at radius 3 is 2.30 bits per heavy atom. The van der Waals surface area contributed by atoms with Gasteiger partial charge in [0.2, 0.25) is 0 Å². The molecule has 0 aliphatic carbocycles. The number of aryl methyl sites for hydroxylation is 2. The predicted octanol–water partition coefficient (Wildman–Crippen LogP) is 4.80. The van der Waals surface area contributed by atoms with Gasteiger partial charge in [-0.2, -0.15) is 0 Å². The smallest absolute Gasteiger partial charge is 0.335 e. The number of hydrogen-bond donors (Lipinski definition) is 1. The molecule has 27 heavy (non-hydrogen) atoms. The van der Waals surface area contributed by atoms with Crippen LogP contribution in [0.2, 0.25) is 0 Å². The van der Waals surface area contributed by atoms with Crippen LogP contribution in [0.3, 0.4) is 0 Å². The molecule has 3 aromatic rings. The Kier molecular flexibility index (Phi) is 5.46. The van der Waals surface area contributed by atoms with Crippen molar-refractivity contribution in [3.05, 3.63) is 100 Å². The van der Waals surface area contributed by atoms with Gasteiger partial charge in [0.05, 0.1) is 5.56 Å². The van der Waals surface area contributed by atoms with Crippen LogP contribution < -0.4 is 0 Å². The van der Waals surface area contributed by atoms with E-state index in [1.165, 1.54) is 0 Å². The number of carbonyl (C=O) groups is 2. The number of aromatic carboxylic acids is 1. The minimum atomic E-state index is -0.961. The quantitative estimate of drug-likeness (QED) is 0.642. The van der Waals surface area contributed by atoms with E-state index >= 15 is 0 Å². The van der Waals surface area contributed by atoms with Crippen molar-refractivity contribution in [2.45, 2.75) is 26.2 Å². The van der Waals surface area contributed by atoms with E-state index in [4.69, 9.17) is 5.11 Å². The number of carboxylic acids is 1. The number of aromatic nitrogens is 1. The predicted molar refractivity (Wildman–Crippen MR) is 104 cm³/mol. The molecule has 0 fully saturated rings. The number of carbonyl (C=O) groups excluding carboxylic acids is 1. The minimum Gasteiger partial charge on any atom is -0.478 e. The molecule has 0 radical (unpaired) electrons. The molecule has 3 rings (SSSR count). The Bertz CT molecular complexity index is 977. The first-order valence-electron chi connectivity index (χ1n) is 8.80. The van der Waals surface area contributed by atoms with Crippen molar-refractivity contribution >= 4 is 11.8 Å². The molecule has 1 atom stereocenters. The van der Waals surface area contributed by atoms with Crippen LogP contribution in [0.4, 0.5) is 0 Å². The monoisotopic (exact) mass is 359 g/mol. The first-order chi connectivity index (χ1) is 13.0. The Hall–Kier alpha value is -3.27. The zero-order chi connectivity index (χ0) is 19.4. The van der Waals surface area contributed by atoms with E-state index < -0.39 is 5.97 Å². The minimum absolute atomic E-state index is 0.0380. The van der Waals surface area contributed by atoms with Crippen molar-refractivity contribution in [1.82, 2.24) is 4.98 Å². The molecule has 136 valence electrons. The summed E-state index contributed by atoms with van der Waals surface area (Å²) >= 11 is 0. The molecule has 0 bridgehead atoms. The van der Waals surface area contributed by atoms with Crippen LogP contribution in [0.15, 0.2) is 66.9 Å². The maximum Gasteiger partial charge on any atom is 0.335 e. The number of rotatable bonds is 6. The second-order valence-electron chi connectivity index (χ2n) is 6.65. The van der Waals surface area contributed by atoms with Crippen molar-refractivity contribution in [3.8, 4) is 0 Å². The third kappa shape index (κ3) is 4.29. The Labute approximate surface area is 158 Å². The molecule has 1 N–H and O–H groups in total. The van der Waals surface area contributed by atoms with Crippen LogP contribution in [0, 0.1) is 13.8 Å². The first-order valence-corrected chi connectivity index (χ1v) is 8.80. The van der Waals surface area contributed by atoms with Crippen LogP contribution in [0.5, 0.6) is 0 Å². The van der Waals surface area contributed by atoms with E-state index in [1.807, 2.05) is 38.1 Å². The number of pyridine rings is 1. The number of carboxylic acid groups (broad SMARTS) is 1. The largest absolute Gasteiger partial charge is 0.478 e.